The Morgan fingerprint density at radius 2 is 2.05 bits per heavy atom. The number of thioether (sulfide) groups is 1. The van der Waals surface area contributed by atoms with Crippen molar-refractivity contribution in [2.45, 2.75) is 51.3 Å². The third kappa shape index (κ3) is 3.95. The molecule has 1 rings (SSSR count). The zero-order valence-corrected chi connectivity index (χ0v) is 13.8. The van der Waals surface area contributed by atoms with Crippen LogP contribution in [0.5, 0.6) is 0 Å². The van der Waals surface area contributed by atoms with Crippen LogP contribution in [0.1, 0.15) is 50.5 Å². The molecule has 20 heavy (non-hydrogen) atoms. The number of hydrogen-bond donors (Lipinski definition) is 2. The van der Waals surface area contributed by atoms with Crippen LogP contribution < -0.4 is 11.1 Å². The minimum Gasteiger partial charge on any atom is -0.397 e. The van der Waals surface area contributed by atoms with Gasteiger partial charge in [0.05, 0.1) is 5.69 Å². The molecule has 0 atom stereocenters. The van der Waals surface area contributed by atoms with Crippen molar-refractivity contribution in [3.63, 3.8) is 0 Å². The predicted molar refractivity (Wildman–Crippen MR) is 88.3 cm³/mol. The third-order valence-electron chi connectivity index (χ3n) is 3.91. The number of aryl methyl sites for hydroxylation is 1. The maximum absolute atomic E-state index is 12.4. The van der Waals surface area contributed by atoms with E-state index < -0.39 is 0 Å². The van der Waals surface area contributed by atoms with E-state index in [1.807, 2.05) is 22.5 Å². The number of carbonyl (C=O) groups excluding carboxylic acids is 1. The highest BCUT2D eigenvalue weighted by molar-refractivity contribution is 8.00. The van der Waals surface area contributed by atoms with E-state index in [9.17, 15) is 4.79 Å². The number of carbonyl (C=O) groups is 1. The van der Waals surface area contributed by atoms with E-state index in [4.69, 9.17) is 5.73 Å². The van der Waals surface area contributed by atoms with Gasteiger partial charge in [0.2, 0.25) is 0 Å². The quantitative estimate of drug-likeness (QED) is 0.775. The van der Waals surface area contributed by atoms with Crippen molar-refractivity contribution in [1.82, 2.24) is 9.88 Å². The largest absolute Gasteiger partial charge is 0.397 e. The summed E-state index contributed by atoms with van der Waals surface area (Å²) in [4.78, 5) is 12.4. The Morgan fingerprint density at radius 3 is 2.55 bits per heavy atom. The van der Waals surface area contributed by atoms with Crippen LogP contribution in [-0.2, 0) is 6.54 Å². The van der Waals surface area contributed by atoms with Crippen LogP contribution in [0.2, 0.25) is 0 Å². The van der Waals surface area contributed by atoms with Crippen molar-refractivity contribution < 1.29 is 4.79 Å². The number of aromatic nitrogens is 1. The molecule has 0 radical (unpaired) electrons. The van der Waals surface area contributed by atoms with Gasteiger partial charge in [-0.15, -0.1) is 0 Å². The van der Waals surface area contributed by atoms with Crippen molar-refractivity contribution in [3.8, 4) is 0 Å². The van der Waals surface area contributed by atoms with Crippen molar-refractivity contribution in [1.29, 1.82) is 0 Å². The normalized spacial score (nSPS) is 11.6. The maximum Gasteiger partial charge on any atom is 0.268 e. The summed E-state index contributed by atoms with van der Waals surface area (Å²) in [5, 5.41) is 3.07. The molecule has 1 aromatic rings. The maximum atomic E-state index is 12.4. The van der Waals surface area contributed by atoms with E-state index >= 15 is 0 Å². The number of nitrogens with one attached hydrogen (secondary N) is 1. The summed E-state index contributed by atoms with van der Waals surface area (Å²) in [5.74, 6) is -0.0320. The molecule has 0 bridgehead atoms. The number of hydrogen-bond acceptors (Lipinski definition) is 3. The lowest BCUT2D eigenvalue weighted by Crippen LogP contribution is -2.40. The van der Waals surface area contributed by atoms with Gasteiger partial charge < -0.3 is 15.6 Å². The average Bonchev–Trinajstić information content (AvgIpc) is 2.82. The first-order valence-corrected chi connectivity index (χ1v) is 8.53. The number of nitrogens with two attached hydrogens (primary N) is 1. The monoisotopic (exact) mass is 297 g/mol. The van der Waals surface area contributed by atoms with E-state index in [2.05, 4.69) is 32.3 Å². The number of amides is 1. The SMILES string of the molecule is CCCn1cc(N)cc1C(=O)NCC(CC)(CC)SC. The van der Waals surface area contributed by atoms with Gasteiger partial charge >= 0.3 is 0 Å². The second-order valence-electron chi connectivity index (χ2n) is 5.13. The molecule has 0 saturated heterocycles. The molecule has 1 amide bonds. The van der Waals surface area contributed by atoms with Crippen LogP contribution in [-0.4, -0.2) is 28.0 Å². The van der Waals surface area contributed by atoms with Crippen LogP contribution in [0.25, 0.3) is 0 Å². The van der Waals surface area contributed by atoms with E-state index in [0.29, 0.717) is 17.9 Å². The van der Waals surface area contributed by atoms with Gasteiger partial charge in [-0.1, -0.05) is 20.8 Å². The van der Waals surface area contributed by atoms with E-state index in [1.54, 1.807) is 6.07 Å². The summed E-state index contributed by atoms with van der Waals surface area (Å²) < 4.78 is 2.06. The van der Waals surface area contributed by atoms with Crippen LogP contribution in [0.3, 0.4) is 0 Å². The Balaban J connectivity index is 2.76. The number of anilines is 1. The highest BCUT2D eigenvalue weighted by Crippen LogP contribution is 2.29. The molecule has 0 aliphatic rings. The van der Waals surface area contributed by atoms with Crippen molar-refractivity contribution in [3.05, 3.63) is 18.0 Å². The average molecular weight is 297 g/mol. The van der Waals surface area contributed by atoms with E-state index in [-0.39, 0.29) is 10.7 Å². The summed E-state index contributed by atoms with van der Waals surface area (Å²) >= 11 is 1.83. The molecular formula is C15H27N3OS. The second-order valence-corrected chi connectivity index (χ2v) is 6.40. The van der Waals surface area contributed by atoms with Crippen molar-refractivity contribution in [2.24, 2.45) is 0 Å². The fourth-order valence-corrected chi connectivity index (χ4v) is 3.14. The summed E-state index contributed by atoms with van der Waals surface area (Å²) in [6.45, 7) is 7.94. The van der Waals surface area contributed by atoms with Gasteiger partial charge in [-0.2, -0.15) is 11.8 Å². The molecule has 0 fully saturated rings. The summed E-state index contributed by atoms with van der Waals surface area (Å²) in [5.41, 5.74) is 7.11. The molecule has 114 valence electrons. The molecular weight excluding hydrogens is 270 g/mol. The molecule has 0 aromatic carbocycles. The van der Waals surface area contributed by atoms with Crippen LogP contribution in [0, 0.1) is 0 Å². The lowest BCUT2D eigenvalue weighted by molar-refractivity contribution is 0.0939. The zero-order valence-electron chi connectivity index (χ0n) is 13.0. The van der Waals surface area contributed by atoms with Crippen LogP contribution in [0.15, 0.2) is 12.3 Å². The van der Waals surface area contributed by atoms with Gasteiger partial charge in [0.1, 0.15) is 5.69 Å². The van der Waals surface area contributed by atoms with Crippen LogP contribution in [0.4, 0.5) is 5.69 Å². The molecule has 0 unspecified atom stereocenters. The van der Waals surface area contributed by atoms with Crippen molar-refractivity contribution in [2.75, 3.05) is 18.5 Å². The molecule has 4 nitrogen and oxygen atoms in total. The van der Waals surface area contributed by atoms with Gasteiger partial charge in [0.15, 0.2) is 0 Å². The number of rotatable bonds is 8. The summed E-state index contributed by atoms with van der Waals surface area (Å²) in [6, 6.07) is 1.75. The minimum atomic E-state index is -0.0320. The smallest absolute Gasteiger partial charge is 0.268 e. The van der Waals surface area contributed by atoms with Gasteiger partial charge in [-0.25, -0.2) is 0 Å². The second kappa shape index (κ2) is 7.62. The Bertz CT molecular complexity index is 430. The third-order valence-corrected chi connectivity index (χ3v) is 5.50. The number of nitrogen functional groups attached to an aromatic ring is 1. The summed E-state index contributed by atoms with van der Waals surface area (Å²) in [6.07, 6.45) is 7.01. The summed E-state index contributed by atoms with van der Waals surface area (Å²) in [7, 11) is 0. The van der Waals surface area contributed by atoms with Gasteiger partial charge in [0.25, 0.3) is 5.91 Å². The molecule has 3 N–H and O–H groups in total. The van der Waals surface area contributed by atoms with E-state index in [1.165, 1.54) is 0 Å². The Kier molecular flexibility index (Phi) is 6.46. The molecule has 0 spiro atoms. The van der Waals surface area contributed by atoms with Gasteiger partial charge in [0, 0.05) is 24.0 Å². The topological polar surface area (TPSA) is 60.0 Å². The van der Waals surface area contributed by atoms with Gasteiger partial charge in [-0.3, -0.25) is 4.79 Å². The first-order chi connectivity index (χ1) is 9.51. The van der Waals surface area contributed by atoms with Crippen molar-refractivity contribution >= 4 is 23.4 Å². The first-order valence-electron chi connectivity index (χ1n) is 7.30. The molecule has 5 heteroatoms. The van der Waals surface area contributed by atoms with Gasteiger partial charge in [-0.05, 0) is 31.6 Å². The molecule has 0 aliphatic heterocycles. The van der Waals surface area contributed by atoms with Crippen LogP contribution >= 0.6 is 11.8 Å². The lowest BCUT2D eigenvalue weighted by atomic mass is 10.0. The molecule has 1 aromatic heterocycles. The predicted octanol–water partition coefficient (Wildman–Crippen LogP) is 3.13. The highest BCUT2D eigenvalue weighted by Gasteiger charge is 2.26. The molecule has 1 heterocycles. The Morgan fingerprint density at radius 1 is 1.40 bits per heavy atom. The number of nitrogens with zero attached hydrogens (tertiary/aromatic N) is 1. The zero-order chi connectivity index (χ0) is 15.2. The lowest BCUT2D eigenvalue weighted by Gasteiger charge is -2.29. The highest BCUT2D eigenvalue weighted by atomic mass is 32.2. The fraction of sp³-hybridized carbons (Fsp3) is 0.667. The Labute approximate surface area is 126 Å². The Hall–Kier alpha value is -1.10. The molecule has 0 aliphatic carbocycles. The fourth-order valence-electron chi connectivity index (χ4n) is 2.34. The molecule has 0 saturated carbocycles. The van der Waals surface area contributed by atoms with E-state index in [0.717, 1.165) is 25.8 Å². The standard InChI is InChI=1S/C15H27N3OS/c1-5-8-18-10-12(16)9-13(18)14(19)17-11-15(6-2,7-3)20-4/h9-10H,5-8,11,16H2,1-4H3,(H,17,19). The minimum absolute atomic E-state index is 0.0320. The first kappa shape index (κ1) is 17.0.